The van der Waals surface area contributed by atoms with Crippen molar-refractivity contribution in [3.05, 3.63) is 29.8 Å². The van der Waals surface area contributed by atoms with Crippen LogP contribution in [0.4, 0.5) is 10.5 Å². The third-order valence-corrected chi connectivity index (χ3v) is 4.54. The Hall–Kier alpha value is -1.80. The number of rotatable bonds is 6. The van der Waals surface area contributed by atoms with Crippen molar-refractivity contribution in [3.8, 4) is 0 Å². The van der Waals surface area contributed by atoms with E-state index in [2.05, 4.69) is 4.74 Å². The molecule has 0 radical (unpaired) electrons. The first kappa shape index (κ1) is 15.6. The Kier molecular flexibility index (Phi) is 4.69. The zero-order valence-electron chi connectivity index (χ0n) is 11.8. The Morgan fingerprint density at radius 1 is 1.38 bits per heavy atom. The quantitative estimate of drug-likeness (QED) is 0.769. The van der Waals surface area contributed by atoms with Crippen LogP contribution in [0.25, 0.3) is 0 Å². The molecule has 1 amide bonds. The van der Waals surface area contributed by atoms with Gasteiger partial charge in [-0.1, -0.05) is 12.1 Å². The van der Waals surface area contributed by atoms with Gasteiger partial charge in [0.15, 0.2) is 0 Å². The van der Waals surface area contributed by atoms with Crippen LogP contribution < -0.4 is 10.5 Å². The summed E-state index contributed by atoms with van der Waals surface area (Å²) in [7, 11) is -3.91. The lowest BCUT2D eigenvalue weighted by molar-refractivity contribution is 0.158. The highest BCUT2D eigenvalue weighted by Gasteiger charge is 2.38. The SMILES string of the molecule is CCOC(=O)NS(=O)(=O)N(Cc1ccc(N)cc1)C1CC1. The minimum absolute atomic E-state index is 0.0746. The predicted octanol–water partition coefficient (Wildman–Crippen LogP) is 1.22. The molecule has 1 fully saturated rings. The number of benzene rings is 1. The van der Waals surface area contributed by atoms with Crippen LogP contribution in [0.1, 0.15) is 25.3 Å². The number of nitrogen functional groups attached to an aromatic ring is 1. The Bertz CT molecular complexity index is 596. The van der Waals surface area contributed by atoms with E-state index < -0.39 is 16.3 Å². The molecule has 0 aliphatic heterocycles. The molecule has 0 aromatic heterocycles. The minimum atomic E-state index is -3.91. The molecule has 0 bridgehead atoms. The van der Waals surface area contributed by atoms with Gasteiger partial charge in [0, 0.05) is 18.3 Å². The number of amides is 1. The molecule has 7 nitrogen and oxygen atoms in total. The van der Waals surface area contributed by atoms with Crippen molar-refractivity contribution in [1.29, 1.82) is 0 Å². The van der Waals surface area contributed by atoms with Crippen molar-refractivity contribution in [2.45, 2.75) is 32.4 Å². The molecular formula is C13H19N3O4S. The average Bonchev–Trinajstić information content (AvgIpc) is 3.21. The maximum atomic E-state index is 12.3. The number of nitrogens with one attached hydrogen (secondary N) is 1. The molecule has 0 atom stereocenters. The second-order valence-corrected chi connectivity index (χ2v) is 6.47. The van der Waals surface area contributed by atoms with Gasteiger partial charge in [0.1, 0.15) is 0 Å². The molecule has 116 valence electrons. The van der Waals surface area contributed by atoms with E-state index in [1.807, 2.05) is 4.72 Å². The molecule has 0 saturated heterocycles. The van der Waals surface area contributed by atoms with E-state index >= 15 is 0 Å². The number of hydrogen-bond acceptors (Lipinski definition) is 5. The third kappa shape index (κ3) is 4.33. The van der Waals surface area contributed by atoms with Crippen molar-refractivity contribution in [3.63, 3.8) is 0 Å². The number of carbonyl (C=O) groups excluding carboxylic acids is 1. The third-order valence-electron chi connectivity index (χ3n) is 3.07. The van der Waals surface area contributed by atoms with Crippen molar-refractivity contribution in [1.82, 2.24) is 9.03 Å². The van der Waals surface area contributed by atoms with Crippen LogP contribution >= 0.6 is 0 Å². The van der Waals surface area contributed by atoms with Gasteiger partial charge in [-0.25, -0.2) is 9.52 Å². The second-order valence-electron chi connectivity index (χ2n) is 4.85. The first-order chi connectivity index (χ1) is 9.92. The molecule has 1 aromatic carbocycles. The minimum Gasteiger partial charge on any atom is -0.449 e. The zero-order valence-corrected chi connectivity index (χ0v) is 12.6. The van der Waals surface area contributed by atoms with Crippen LogP contribution in [-0.4, -0.2) is 31.5 Å². The normalized spacial score (nSPS) is 15.0. The number of ether oxygens (including phenoxy) is 1. The number of anilines is 1. The summed E-state index contributed by atoms with van der Waals surface area (Å²) in [5, 5.41) is 0. The van der Waals surface area contributed by atoms with Gasteiger partial charge in [0.05, 0.1) is 6.61 Å². The molecule has 1 aromatic rings. The Balaban J connectivity index is 2.11. The van der Waals surface area contributed by atoms with Crippen LogP contribution in [-0.2, 0) is 21.5 Å². The highest BCUT2D eigenvalue weighted by atomic mass is 32.2. The van der Waals surface area contributed by atoms with Crippen LogP contribution in [0.5, 0.6) is 0 Å². The fourth-order valence-corrected chi connectivity index (χ4v) is 3.21. The average molecular weight is 313 g/mol. The van der Waals surface area contributed by atoms with Crippen LogP contribution in [0, 0.1) is 0 Å². The Morgan fingerprint density at radius 2 is 2.00 bits per heavy atom. The lowest BCUT2D eigenvalue weighted by Gasteiger charge is -2.21. The maximum absolute atomic E-state index is 12.3. The van der Waals surface area contributed by atoms with Gasteiger partial charge < -0.3 is 10.5 Å². The predicted molar refractivity (Wildman–Crippen MR) is 78.5 cm³/mol. The van der Waals surface area contributed by atoms with Crippen molar-refractivity contribution in [2.75, 3.05) is 12.3 Å². The highest BCUT2D eigenvalue weighted by molar-refractivity contribution is 7.87. The van der Waals surface area contributed by atoms with Gasteiger partial charge in [0.2, 0.25) is 0 Å². The number of hydrogen-bond donors (Lipinski definition) is 2. The first-order valence-electron chi connectivity index (χ1n) is 6.73. The Labute approximate surface area is 124 Å². The second kappa shape index (κ2) is 6.31. The van der Waals surface area contributed by atoms with Crippen molar-refractivity contribution < 1.29 is 17.9 Å². The lowest BCUT2D eigenvalue weighted by Crippen LogP contribution is -2.44. The molecule has 1 aliphatic rings. The summed E-state index contributed by atoms with van der Waals surface area (Å²) >= 11 is 0. The summed E-state index contributed by atoms with van der Waals surface area (Å²) in [5.74, 6) is 0. The fourth-order valence-electron chi connectivity index (χ4n) is 1.90. The van der Waals surface area contributed by atoms with E-state index in [4.69, 9.17) is 5.73 Å². The summed E-state index contributed by atoms with van der Waals surface area (Å²) in [4.78, 5) is 11.3. The van der Waals surface area contributed by atoms with Crippen LogP contribution in [0.15, 0.2) is 24.3 Å². The molecule has 1 saturated carbocycles. The summed E-state index contributed by atoms with van der Waals surface area (Å²) in [6, 6.07) is 6.89. The van der Waals surface area contributed by atoms with E-state index in [9.17, 15) is 13.2 Å². The summed E-state index contributed by atoms with van der Waals surface area (Å²) in [6.07, 6.45) is 0.623. The van der Waals surface area contributed by atoms with E-state index in [1.165, 1.54) is 4.31 Å². The highest BCUT2D eigenvalue weighted by Crippen LogP contribution is 2.30. The maximum Gasteiger partial charge on any atom is 0.421 e. The van der Waals surface area contributed by atoms with Gasteiger partial charge in [0.25, 0.3) is 0 Å². The number of carbonyl (C=O) groups is 1. The van der Waals surface area contributed by atoms with Crippen molar-refractivity contribution in [2.24, 2.45) is 0 Å². The zero-order chi connectivity index (χ0) is 15.5. The van der Waals surface area contributed by atoms with Gasteiger partial charge in [-0.2, -0.15) is 12.7 Å². The van der Waals surface area contributed by atoms with E-state index in [1.54, 1.807) is 31.2 Å². The van der Waals surface area contributed by atoms with Gasteiger partial charge in [-0.05, 0) is 37.5 Å². The first-order valence-corrected chi connectivity index (χ1v) is 8.17. The summed E-state index contributed by atoms with van der Waals surface area (Å²) in [5.41, 5.74) is 7.03. The number of nitrogens with zero attached hydrogens (tertiary/aromatic N) is 1. The smallest absolute Gasteiger partial charge is 0.421 e. The molecule has 0 unspecified atom stereocenters. The van der Waals surface area contributed by atoms with E-state index in [-0.39, 0.29) is 19.2 Å². The Morgan fingerprint density at radius 3 is 2.52 bits per heavy atom. The molecule has 2 rings (SSSR count). The van der Waals surface area contributed by atoms with E-state index in [0.717, 1.165) is 18.4 Å². The molecule has 21 heavy (non-hydrogen) atoms. The number of nitrogens with two attached hydrogens (primary N) is 1. The molecule has 8 heteroatoms. The monoisotopic (exact) mass is 313 g/mol. The topological polar surface area (TPSA) is 102 Å². The summed E-state index contributed by atoms with van der Waals surface area (Å²) in [6.45, 7) is 1.92. The lowest BCUT2D eigenvalue weighted by atomic mass is 10.2. The molecule has 0 spiro atoms. The summed E-state index contributed by atoms with van der Waals surface area (Å²) < 4.78 is 32.3. The van der Waals surface area contributed by atoms with Gasteiger partial charge in [-0.3, -0.25) is 0 Å². The fraction of sp³-hybridized carbons (Fsp3) is 0.462. The van der Waals surface area contributed by atoms with Crippen LogP contribution in [0.3, 0.4) is 0 Å². The largest absolute Gasteiger partial charge is 0.449 e. The van der Waals surface area contributed by atoms with Crippen LogP contribution in [0.2, 0.25) is 0 Å². The molecular weight excluding hydrogens is 294 g/mol. The van der Waals surface area contributed by atoms with Gasteiger partial charge >= 0.3 is 16.3 Å². The van der Waals surface area contributed by atoms with Gasteiger partial charge in [-0.15, -0.1) is 0 Å². The molecule has 1 aliphatic carbocycles. The molecule has 3 N–H and O–H groups in total. The molecule has 0 heterocycles. The standard InChI is InChI=1S/C13H19N3O4S/c1-2-20-13(17)15-21(18,19)16(12-7-8-12)9-10-3-5-11(14)6-4-10/h3-6,12H,2,7-9,14H2,1H3,(H,15,17). The van der Waals surface area contributed by atoms with E-state index in [0.29, 0.717) is 5.69 Å². The van der Waals surface area contributed by atoms with Crippen molar-refractivity contribution >= 4 is 22.0 Å².